The van der Waals surface area contributed by atoms with E-state index >= 15 is 0 Å². The molecule has 3 unspecified atom stereocenters. The van der Waals surface area contributed by atoms with E-state index < -0.39 is 0 Å². The van der Waals surface area contributed by atoms with Crippen LogP contribution in [0.2, 0.25) is 0 Å². The highest BCUT2D eigenvalue weighted by Crippen LogP contribution is 2.39. The Hall–Kier alpha value is -2.25. The fraction of sp³-hybridized carbons (Fsp3) is 0.719. The van der Waals surface area contributed by atoms with E-state index in [0.717, 1.165) is 43.5 Å². The second-order valence-corrected chi connectivity index (χ2v) is 13.8. The Bertz CT molecular complexity index is 1230. The number of nitrogens with zero attached hydrogens (tertiary/aromatic N) is 4. The maximum atomic E-state index is 14.0. The van der Waals surface area contributed by atoms with Gasteiger partial charge in [0, 0.05) is 50.8 Å². The highest BCUT2D eigenvalue weighted by Gasteiger charge is 2.48. The zero-order valence-corrected chi connectivity index (χ0v) is 24.2. The third kappa shape index (κ3) is 5.29. The van der Waals surface area contributed by atoms with Gasteiger partial charge in [0.05, 0.1) is 11.0 Å². The maximum Gasteiger partial charge on any atom is 0.282 e. The van der Waals surface area contributed by atoms with Gasteiger partial charge in [0.25, 0.3) is 11.5 Å². The minimum absolute atomic E-state index is 0.106. The molecule has 0 spiro atoms. The van der Waals surface area contributed by atoms with Crippen LogP contribution in [0.5, 0.6) is 0 Å². The molecule has 1 aromatic heterocycles. The molecular weight excluding hydrogens is 486 g/mol. The molecule has 7 heteroatoms. The van der Waals surface area contributed by atoms with Gasteiger partial charge in [0.15, 0.2) is 5.69 Å². The van der Waals surface area contributed by atoms with Gasteiger partial charge in [-0.1, -0.05) is 65.0 Å². The van der Waals surface area contributed by atoms with Crippen molar-refractivity contribution in [1.82, 2.24) is 24.7 Å². The number of piperidine rings is 1. The first-order valence-electron chi connectivity index (χ1n) is 15.6. The number of benzene rings is 1. The number of carbonyl (C=O) groups excluding carboxylic acids is 1. The molecule has 0 bridgehead atoms. The molecule has 4 fully saturated rings. The van der Waals surface area contributed by atoms with E-state index in [-0.39, 0.29) is 28.6 Å². The van der Waals surface area contributed by atoms with Crippen LogP contribution in [0.4, 0.5) is 0 Å². The molecule has 4 aliphatic rings. The van der Waals surface area contributed by atoms with Crippen molar-refractivity contribution in [3.05, 3.63) is 40.3 Å². The molecule has 212 valence electrons. The van der Waals surface area contributed by atoms with Gasteiger partial charge in [-0.25, -0.2) is 4.98 Å². The number of hydrogen-bond donors (Lipinski definition) is 1. The van der Waals surface area contributed by atoms with E-state index in [2.05, 4.69) is 31.0 Å². The standard InChI is InChI=1S/C32H47N5O2/c1-32(2,3)29-25-21-36(20-22(25)19-33-29)30(38)28-31(39)37(27-14-10-9-13-26(27)34-28)24-15-17-35(18-16-24)23-11-7-5-4-6-8-12-23/h9-10,13-14,22-25,29,33H,4-8,11-12,15-21H2,1-3H3. The smallest absolute Gasteiger partial charge is 0.282 e. The van der Waals surface area contributed by atoms with Gasteiger partial charge >= 0.3 is 0 Å². The van der Waals surface area contributed by atoms with E-state index in [0.29, 0.717) is 37.0 Å². The molecule has 0 radical (unpaired) electrons. The largest absolute Gasteiger partial charge is 0.336 e. The minimum atomic E-state index is -0.203. The Morgan fingerprint density at radius 2 is 1.62 bits per heavy atom. The Morgan fingerprint density at radius 3 is 2.33 bits per heavy atom. The fourth-order valence-electron chi connectivity index (χ4n) is 8.15. The van der Waals surface area contributed by atoms with Gasteiger partial charge in [-0.05, 0) is 55.1 Å². The summed E-state index contributed by atoms with van der Waals surface area (Å²) < 4.78 is 1.93. The predicted molar refractivity (Wildman–Crippen MR) is 156 cm³/mol. The second-order valence-electron chi connectivity index (χ2n) is 13.8. The van der Waals surface area contributed by atoms with Gasteiger partial charge in [0.1, 0.15) is 0 Å². The van der Waals surface area contributed by atoms with Crippen molar-refractivity contribution >= 4 is 16.9 Å². The van der Waals surface area contributed by atoms with Crippen LogP contribution in [0, 0.1) is 17.3 Å². The minimum Gasteiger partial charge on any atom is -0.336 e. The van der Waals surface area contributed by atoms with Gasteiger partial charge in [-0.3, -0.25) is 9.59 Å². The van der Waals surface area contributed by atoms with Gasteiger partial charge < -0.3 is 19.7 Å². The summed E-state index contributed by atoms with van der Waals surface area (Å²) in [6.07, 6.45) is 11.3. The Balaban J connectivity index is 1.24. The van der Waals surface area contributed by atoms with Crippen molar-refractivity contribution in [2.75, 3.05) is 32.7 Å². The summed E-state index contributed by atoms with van der Waals surface area (Å²) in [7, 11) is 0. The molecule has 3 aliphatic heterocycles. The summed E-state index contributed by atoms with van der Waals surface area (Å²) >= 11 is 0. The molecule has 2 aromatic rings. The molecule has 3 saturated heterocycles. The van der Waals surface area contributed by atoms with Crippen molar-refractivity contribution in [1.29, 1.82) is 0 Å². The number of aromatic nitrogens is 2. The normalized spacial score (nSPS) is 28.0. The van der Waals surface area contributed by atoms with Crippen LogP contribution in [0.25, 0.3) is 11.0 Å². The summed E-state index contributed by atoms with van der Waals surface area (Å²) in [4.78, 5) is 37.2. The molecule has 4 heterocycles. The molecule has 1 aromatic carbocycles. The van der Waals surface area contributed by atoms with Crippen molar-refractivity contribution in [2.24, 2.45) is 17.3 Å². The van der Waals surface area contributed by atoms with Gasteiger partial charge in [0.2, 0.25) is 0 Å². The summed E-state index contributed by atoms with van der Waals surface area (Å²) in [5.41, 5.74) is 1.65. The van der Waals surface area contributed by atoms with Gasteiger partial charge in [-0.2, -0.15) is 0 Å². The van der Waals surface area contributed by atoms with Crippen LogP contribution in [0.3, 0.4) is 0 Å². The lowest BCUT2D eigenvalue weighted by Crippen LogP contribution is -2.45. The number of rotatable bonds is 3. The average Bonchev–Trinajstić information content (AvgIpc) is 3.49. The van der Waals surface area contributed by atoms with E-state index in [1.54, 1.807) is 0 Å². The van der Waals surface area contributed by atoms with Crippen LogP contribution in [0.1, 0.15) is 95.1 Å². The zero-order valence-electron chi connectivity index (χ0n) is 24.2. The number of para-hydroxylation sites is 2. The predicted octanol–water partition coefficient (Wildman–Crippen LogP) is 4.85. The first-order chi connectivity index (χ1) is 18.8. The van der Waals surface area contributed by atoms with E-state index in [4.69, 9.17) is 4.98 Å². The fourth-order valence-corrected chi connectivity index (χ4v) is 8.15. The van der Waals surface area contributed by atoms with E-state index in [9.17, 15) is 9.59 Å². The van der Waals surface area contributed by atoms with Crippen LogP contribution in [-0.2, 0) is 0 Å². The summed E-state index contributed by atoms with van der Waals surface area (Å²) in [6, 6.07) is 9.05. The van der Waals surface area contributed by atoms with Crippen molar-refractivity contribution in [3.63, 3.8) is 0 Å². The monoisotopic (exact) mass is 533 g/mol. The maximum absolute atomic E-state index is 14.0. The number of amides is 1. The average molecular weight is 534 g/mol. The first kappa shape index (κ1) is 26.9. The third-order valence-electron chi connectivity index (χ3n) is 10.2. The molecule has 1 saturated carbocycles. The van der Waals surface area contributed by atoms with Crippen LogP contribution < -0.4 is 10.9 Å². The van der Waals surface area contributed by atoms with Crippen LogP contribution in [0.15, 0.2) is 29.1 Å². The molecule has 6 rings (SSSR count). The topological polar surface area (TPSA) is 70.5 Å². The number of likely N-dealkylation sites (tertiary alicyclic amines) is 2. The van der Waals surface area contributed by atoms with Crippen molar-refractivity contribution in [2.45, 2.75) is 96.7 Å². The van der Waals surface area contributed by atoms with Crippen LogP contribution in [-0.4, -0.2) is 70.1 Å². The number of nitrogens with one attached hydrogen (secondary N) is 1. The number of hydrogen-bond acceptors (Lipinski definition) is 5. The Morgan fingerprint density at radius 1 is 0.923 bits per heavy atom. The van der Waals surface area contributed by atoms with Crippen LogP contribution >= 0.6 is 0 Å². The van der Waals surface area contributed by atoms with Crippen molar-refractivity contribution < 1.29 is 4.79 Å². The van der Waals surface area contributed by atoms with Gasteiger partial charge in [-0.15, -0.1) is 0 Å². The molecule has 1 N–H and O–H groups in total. The second kappa shape index (κ2) is 11.0. The molecule has 1 aliphatic carbocycles. The first-order valence-corrected chi connectivity index (χ1v) is 15.6. The lowest BCUT2D eigenvalue weighted by Gasteiger charge is -2.39. The van der Waals surface area contributed by atoms with E-state index in [1.165, 1.54) is 44.9 Å². The molecule has 7 nitrogen and oxygen atoms in total. The SMILES string of the molecule is CC(C)(C)C1NCC2CN(C(=O)c3nc4ccccc4n(C4CCN(C5CCCCCCC5)CC4)c3=O)CC21. The Labute approximate surface area is 233 Å². The number of carbonyl (C=O) groups is 1. The number of fused-ring (bicyclic) bond motifs is 2. The lowest BCUT2D eigenvalue weighted by molar-refractivity contribution is 0.0763. The summed E-state index contributed by atoms with van der Waals surface area (Å²) in [5, 5.41) is 3.70. The molecule has 39 heavy (non-hydrogen) atoms. The van der Waals surface area contributed by atoms with Crippen molar-refractivity contribution in [3.8, 4) is 0 Å². The summed E-state index contributed by atoms with van der Waals surface area (Å²) in [6.45, 7) is 11.2. The lowest BCUT2D eigenvalue weighted by atomic mass is 9.78. The molecule has 1 amide bonds. The Kier molecular flexibility index (Phi) is 7.58. The van der Waals surface area contributed by atoms with E-state index in [1.807, 2.05) is 33.7 Å². The highest BCUT2D eigenvalue weighted by atomic mass is 16.2. The molecule has 3 atom stereocenters. The zero-order chi connectivity index (χ0) is 27.1. The third-order valence-corrected chi connectivity index (χ3v) is 10.2. The summed E-state index contributed by atoms with van der Waals surface area (Å²) in [5.74, 6) is 0.682. The molecular formula is C32H47N5O2. The highest BCUT2D eigenvalue weighted by molar-refractivity contribution is 5.94. The quantitative estimate of drug-likeness (QED) is 0.611.